The largest absolute Gasteiger partial charge is 0.397 e. The highest BCUT2D eigenvalue weighted by Gasteiger charge is 2.19. The van der Waals surface area contributed by atoms with Gasteiger partial charge in [-0.25, -0.2) is 0 Å². The number of nitrogens with zero attached hydrogens (tertiary/aromatic N) is 1. The van der Waals surface area contributed by atoms with Crippen LogP contribution in [0.2, 0.25) is 0 Å². The summed E-state index contributed by atoms with van der Waals surface area (Å²) in [5.41, 5.74) is 18.2. The van der Waals surface area contributed by atoms with Crippen LogP contribution in [0.5, 0.6) is 0 Å². The maximum atomic E-state index is 6.55. The lowest BCUT2D eigenvalue weighted by Crippen LogP contribution is -2.16. The van der Waals surface area contributed by atoms with Gasteiger partial charge in [0.05, 0.1) is 11.4 Å². The van der Waals surface area contributed by atoms with Crippen molar-refractivity contribution >= 4 is 55.1 Å². The van der Waals surface area contributed by atoms with Crippen LogP contribution in [-0.4, -0.2) is 0 Å². The molecule has 2 N–H and O–H groups in total. The van der Waals surface area contributed by atoms with Gasteiger partial charge >= 0.3 is 0 Å². The van der Waals surface area contributed by atoms with Gasteiger partial charge in [-0.15, -0.1) is 0 Å². The molecule has 0 saturated carbocycles. The number of nitrogen functional groups attached to an aromatic ring is 1. The Balaban J connectivity index is 1.22. The van der Waals surface area contributed by atoms with Gasteiger partial charge in [-0.3, -0.25) is 0 Å². The second-order valence-corrected chi connectivity index (χ2v) is 13.2. The number of rotatable bonds is 7. The van der Waals surface area contributed by atoms with Gasteiger partial charge in [0, 0.05) is 11.4 Å². The minimum Gasteiger partial charge on any atom is -0.397 e. The highest BCUT2D eigenvalue weighted by molar-refractivity contribution is 6.22. The average Bonchev–Trinajstić information content (AvgIpc) is 3.21. The molecule has 0 aliphatic carbocycles. The highest BCUT2D eigenvalue weighted by Crippen LogP contribution is 2.45. The first-order valence-corrected chi connectivity index (χ1v) is 17.7. The summed E-state index contributed by atoms with van der Waals surface area (Å²) in [6.07, 6.45) is 0. The lowest BCUT2D eigenvalue weighted by molar-refractivity contribution is 1.30. The molecule has 0 amide bonds. The van der Waals surface area contributed by atoms with E-state index in [0.29, 0.717) is 5.69 Å². The molecule has 9 aromatic rings. The fourth-order valence-corrected chi connectivity index (χ4v) is 7.62. The van der Waals surface area contributed by atoms with E-state index in [1.165, 1.54) is 54.6 Å². The molecule has 0 fully saturated rings. The van der Waals surface area contributed by atoms with Crippen LogP contribution >= 0.6 is 0 Å². The molecule has 0 atom stereocenters. The first-order valence-electron chi connectivity index (χ1n) is 17.7. The second-order valence-electron chi connectivity index (χ2n) is 13.2. The summed E-state index contributed by atoms with van der Waals surface area (Å²) >= 11 is 0. The zero-order valence-electron chi connectivity index (χ0n) is 28.7. The molecule has 0 bridgehead atoms. The number of para-hydroxylation sites is 2. The number of hydrogen-bond donors (Lipinski definition) is 1. The van der Waals surface area contributed by atoms with E-state index < -0.39 is 0 Å². The van der Waals surface area contributed by atoms with Crippen LogP contribution in [0.15, 0.2) is 201 Å². The minimum atomic E-state index is 0.695. The predicted octanol–water partition coefficient (Wildman–Crippen LogP) is 13.5. The van der Waals surface area contributed by atoms with Gasteiger partial charge in [-0.1, -0.05) is 164 Å². The Bertz CT molecular complexity index is 2750. The summed E-state index contributed by atoms with van der Waals surface area (Å²) in [6, 6.07) is 69.0. The Kier molecular flexibility index (Phi) is 7.83. The number of anilines is 3. The first-order chi connectivity index (χ1) is 25.6. The van der Waals surface area contributed by atoms with E-state index in [1.807, 2.05) is 42.5 Å². The summed E-state index contributed by atoms with van der Waals surface area (Å²) < 4.78 is 0. The maximum absolute atomic E-state index is 6.55. The molecule has 2 heteroatoms. The topological polar surface area (TPSA) is 29.3 Å². The third kappa shape index (κ3) is 5.48. The standard InChI is InChI=1S/C50H36N2/c1-34(35-14-4-2-5-15-35)52(48-23-13-12-22-47(48)51)42-29-26-37(27-30-42)40-28-31-45-46(33-40)49(38-17-6-3-7-18-38)43-20-10-11-21-44(43)50(45)41-25-24-36-16-8-9-19-39(36)32-41/h2-33H,1,51H2. The van der Waals surface area contributed by atoms with Gasteiger partial charge in [-0.05, 0) is 108 Å². The molecule has 52 heavy (non-hydrogen) atoms. The zero-order valence-corrected chi connectivity index (χ0v) is 28.7. The Morgan fingerprint density at radius 2 is 0.962 bits per heavy atom. The van der Waals surface area contributed by atoms with Crippen molar-refractivity contribution in [3.63, 3.8) is 0 Å². The van der Waals surface area contributed by atoms with Crippen molar-refractivity contribution in [3.8, 4) is 33.4 Å². The molecular weight excluding hydrogens is 629 g/mol. The molecule has 0 unspecified atom stereocenters. The normalized spacial score (nSPS) is 11.2. The van der Waals surface area contributed by atoms with Gasteiger partial charge in [0.1, 0.15) is 0 Å². The Morgan fingerprint density at radius 3 is 1.69 bits per heavy atom. The monoisotopic (exact) mass is 664 g/mol. The first kappa shape index (κ1) is 31.1. The SMILES string of the molecule is C=C(c1ccccc1)N(c1ccc(-c2ccc3c(-c4ccc5ccccc5c4)c4ccccc4c(-c4ccccc4)c3c2)cc1)c1ccccc1N. The van der Waals surface area contributed by atoms with Crippen molar-refractivity contribution in [1.29, 1.82) is 0 Å². The molecule has 246 valence electrons. The molecule has 0 aliphatic rings. The summed E-state index contributed by atoms with van der Waals surface area (Å²) in [7, 11) is 0. The molecular formula is C50H36N2. The van der Waals surface area contributed by atoms with E-state index in [4.69, 9.17) is 5.73 Å². The van der Waals surface area contributed by atoms with Crippen LogP contribution in [0, 0.1) is 0 Å². The van der Waals surface area contributed by atoms with Crippen molar-refractivity contribution < 1.29 is 0 Å². The predicted molar refractivity (Wildman–Crippen MR) is 224 cm³/mol. The fraction of sp³-hybridized carbons (Fsp3) is 0. The van der Waals surface area contributed by atoms with Gasteiger partial charge < -0.3 is 10.6 Å². The number of nitrogens with two attached hydrogens (primary N) is 1. The molecule has 9 rings (SSSR count). The van der Waals surface area contributed by atoms with E-state index in [2.05, 4.69) is 163 Å². The van der Waals surface area contributed by atoms with Crippen molar-refractivity contribution in [2.45, 2.75) is 0 Å². The summed E-state index contributed by atoms with van der Waals surface area (Å²) in [4.78, 5) is 2.14. The van der Waals surface area contributed by atoms with Gasteiger partial charge in [0.15, 0.2) is 0 Å². The molecule has 0 heterocycles. The lowest BCUT2D eigenvalue weighted by atomic mass is 9.84. The minimum absolute atomic E-state index is 0.695. The van der Waals surface area contributed by atoms with Gasteiger partial charge in [-0.2, -0.15) is 0 Å². The smallest absolute Gasteiger partial charge is 0.0691 e. The van der Waals surface area contributed by atoms with Crippen LogP contribution in [-0.2, 0) is 0 Å². The number of fused-ring (bicyclic) bond motifs is 3. The van der Waals surface area contributed by atoms with Crippen LogP contribution in [0.4, 0.5) is 17.1 Å². The summed E-state index contributed by atoms with van der Waals surface area (Å²) in [5, 5.41) is 7.44. The quantitative estimate of drug-likeness (QED) is 0.136. The van der Waals surface area contributed by atoms with Crippen LogP contribution in [0.25, 0.3) is 71.4 Å². The van der Waals surface area contributed by atoms with Crippen molar-refractivity contribution in [1.82, 2.24) is 0 Å². The Morgan fingerprint density at radius 1 is 0.404 bits per heavy atom. The molecule has 9 aromatic carbocycles. The van der Waals surface area contributed by atoms with E-state index in [1.54, 1.807) is 0 Å². The number of benzene rings is 9. The van der Waals surface area contributed by atoms with E-state index in [9.17, 15) is 0 Å². The van der Waals surface area contributed by atoms with Gasteiger partial charge in [0.2, 0.25) is 0 Å². The molecule has 2 nitrogen and oxygen atoms in total. The molecule has 0 saturated heterocycles. The highest BCUT2D eigenvalue weighted by atomic mass is 15.2. The van der Waals surface area contributed by atoms with Crippen molar-refractivity contribution in [3.05, 3.63) is 206 Å². The van der Waals surface area contributed by atoms with Crippen LogP contribution in [0.3, 0.4) is 0 Å². The van der Waals surface area contributed by atoms with Crippen molar-refractivity contribution in [2.75, 3.05) is 10.6 Å². The van der Waals surface area contributed by atoms with E-state index in [-0.39, 0.29) is 0 Å². The van der Waals surface area contributed by atoms with E-state index >= 15 is 0 Å². The maximum Gasteiger partial charge on any atom is 0.0691 e. The molecule has 0 spiro atoms. The Labute approximate surface area is 304 Å². The molecule has 0 aliphatic heterocycles. The third-order valence-electron chi connectivity index (χ3n) is 10.1. The van der Waals surface area contributed by atoms with E-state index in [0.717, 1.165) is 33.8 Å². The molecule has 0 radical (unpaired) electrons. The second kappa shape index (κ2) is 13.1. The lowest BCUT2D eigenvalue weighted by Gasteiger charge is -2.28. The summed E-state index contributed by atoms with van der Waals surface area (Å²) in [5.74, 6) is 0. The summed E-state index contributed by atoms with van der Waals surface area (Å²) in [6.45, 7) is 4.52. The van der Waals surface area contributed by atoms with Gasteiger partial charge in [0.25, 0.3) is 0 Å². The fourth-order valence-electron chi connectivity index (χ4n) is 7.62. The average molecular weight is 665 g/mol. The zero-order chi connectivity index (χ0) is 35.0. The third-order valence-corrected chi connectivity index (χ3v) is 10.1. The Hall–Kier alpha value is -6.90. The number of hydrogen-bond acceptors (Lipinski definition) is 2. The van der Waals surface area contributed by atoms with Crippen LogP contribution < -0.4 is 10.6 Å². The van der Waals surface area contributed by atoms with Crippen molar-refractivity contribution in [2.24, 2.45) is 0 Å². The molecule has 0 aromatic heterocycles. The van der Waals surface area contributed by atoms with Crippen LogP contribution in [0.1, 0.15) is 5.56 Å².